The smallest absolute Gasteiger partial charge is 0.272 e. The number of fused-ring (bicyclic) bond motifs is 1. The van der Waals surface area contributed by atoms with Gasteiger partial charge in [0.2, 0.25) is 0 Å². The highest BCUT2D eigenvalue weighted by Crippen LogP contribution is 2.20. The molecule has 1 N–H and O–H groups in total. The molecule has 9 heteroatoms. The number of amides is 2. The Balaban J connectivity index is 1.44. The van der Waals surface area contributed by atoms with Gasteiger partial charge in [-0.1, -0.05) is 5.16 Å². The Kier molecular flexibility index (Phi) is 4.23. The van der Waals surface area contributed by atoms with Crippen LogP contribution in [-0.2, 0) is 17.7 Å². The molecule has 26 heavy (non-hydrogen) atoms. The number of carbonyl (C=O) groups excluding carboxylic acids is 2. The van der Waals surface area contributed by atoms with Crippen LogP contribution in [0.15, 0.2) is 16.7 Å². The zero-order valence-electron chi connectivity index (χ0n) is 14.8. The summed E-state index contributed by atoms with van der Waals surface area (Å²) >= 11 is 0. The highest BCUT2D eigenvalue weighted by Gasteiger charge is 2.32. The molecule has 0 spiro atoms. The summed E-state index contributed by atoms with van der Waals surface area (Å²) in [7, 11) is 1.74. The van der Waals surface area contributed by atoms with Crippen LogP contribution in [0.2, 0.25) is 0 Å². The van der Waals surface area contributed by atoms with Gasteiger partial charge in [-0.2, -0.15) is 5.10 Å². The number of ether oxygens (including phenoxy) is 1. The van der Waals surface area contributed by atoms with Gasteiger partial charge in [-0.05, 0) is 6.92 Å². The van der Waals surface area contributed by atoms with E-state index in [1.165, 1.54) is 0 Å². The minimum absolute atomic E-state index is 0.108. The van der Waals surface area contributed by atoms with Gasteiger partial charge < -0.3 is 19.5 Å². The molecule has 4 rings (SSSR count). The number of nitrogens with zero attached hydrogens (tertiary/aromatic N) is 4. The Hall–Kier alpha value is -2.68. The number of likely N-dealkylation sites (N-methyl/N-ethyl adjacent to an activating group) is 1. The molecule has 2 aliphatic heterocycles. The van der Waals surface area contributed by atoms with E-state index in [1.807, 2.05) is 13.0 Å². The topological polar surface area (TPSA) is 102 Å². The summed E-state index contributed by atoms with van der Waals surface area (Å²) in [6.07, 6.45) is 0.648. The highest BCUT2D eigenvalue weighted by molar-refractivity contribution is 5.98. The van der Waals surface area contributed by atoms with Crippen molar-refractivity contribution in [2.75, 3.05) is 26.8 Å². The maximum absolute atomic E-state index is 12.6. The predicted molar refractivity (Wildman–Crippen MR) is 89.7 cm³/mol. The zero-order chi connectivity index (χ0) is 18.3. The number of hydrogen-bond donors (Lipinski definition) is 1. The second kappa shape index (κ2) is 6.56. The molecule has 1 fully saturated rings. The molecular formula is C17H21N5O4. The standard InChI is InChI=1S/C17H21N5O4/c1-10-5-12(26-20-10)6-11-8-25-9-14(11)18-16(23)13-7-15-17(24)21(2)3-4-22(15)19-13/h5,7,11,14H,3-4,6,8-9H2,1-2H3,(H,18,23)/t11-,14+/m1/s1. The van der Waals surface area contributed by atoms with Crippen LogP contribution in [0.3, 0.4) is 0 Å². The summed E-state index contributed by atoms with van der Waals surface area (Å²) < 4.78 is 12.4. The fraction of sp³-hybridized carbons (Fsp3) is 0.529. The fourth-order valence-electron chi connectivity index (χ4n) is 3.38. The van der Waals surface area contributed by atoms with Gasteiger partial charge in [0.25, 0.3) is 11.8 Å². The van der Waals surface area contributed by atoms with E-state index in [0.29, 0.717) is 38.4 Å². The third-order valence-corrected chi connectivity index (χ3v) is 4.88. The summed E-state index contributed by atoms with van der Waals surface area (Å²) in [4.78, 5) is 26.4. The van der Waals surface area contributed by atoms with Crippen molar-refractivity contribution in [3.05, 3.63) is 35.0 Å². The molecule has 0 aliphatic carbocycles. The van der Waals surface area contributed by atoms with Gasteiger partial charge in [0.05, 0.1) is 31.5 Å². The van der Waals surface area contributed by atoms with Crippen LogP contribution in [0.1, 0.15) is 32.4 Å². The second-order valence-corrected chi connectivity index (χ2v) is 6.88. The largest absolute Gasteiger partial charge is 0.379 e. The lowest BCUT2D eigenvalue weighted by Crippen LogP contribution is -2.40. The van der Waals surface area contributed by atoms with Crippen LogP contribution >= 0.6 is 0 Å². The van der Waals surface area contributed by atoms with Gasteiger partial charge in [0, 0.05) is 38.1 Å². The van der Waals surface area contributed by atoms with E-state index in [1.54, 1.807) is 22.7 Å². The number of nitrogens with one attached hydrogen (secondary N) is 1. The molecule has 4 heterocycles. The van der Waals surface area contributed by atoms with Gasteiger partial charge in [0.1, 0.15) is 11.5 Å². The maximum Gasteiger partial charge on any atom is 0.272 e. The summed E-state index contributed by atoms with van der Waals surface area (Å²) in [5, 5.41) is 11.1. The van der Waals surface area contributed by atoms with E-state index < -0.39 is 0 Å². The van der Waals surface area contributed by atoms with Crippen LogP contribution in [0.4, 0.5) is 0 Å². The molecule has 9 nitrogen and oxygen atoms in total. The SMILES string of the molecule is Cc1cc(C[C@@H]2COC[C@@H]2NC(=O)c2cc3n(n2)CCN(C)C3=O)on1. The van der Waals surface area contributed by atoms with Crippen LogP contribution in [-0.4, -0.2) is 64.5 Å². The first kappa shape index (κ1) is 16.8. The van der Waals surface area contributed by atoms with Crippen molar-refractivity contribution in [2.24, 2.45) is 5.92 Å². The lowest BCUT2D eigenvalue weighted by atomic mass is 9.98. The molecular weight excluding hydrogens is 338 g/mol. The first-order chi connectivity index (χ1) is 12.5. The molecule has 0 saturated carbocycles. The minimum atomic E-state index is -0.295. The summed E-state index contributed by atoms with van der Waals surface area (Å²) in [5.41, 5.74) is 1.53. The Morgan fingerprint density at radius 1 is 1.35 bits per heavy atom. The molecule has 0 unspecified atom stereocenters. The quantitative estimate of drug-likeness (QED) is 0.840. The van der Waals surface area contributed by atoms with Crippen molar-refractivity contribution < 1.29 is 18.8 Å². The first-order valence-corrected chi connectivity index (χ1v) is 8.65. The van der Waals surface area contributed by atoms with Gasteiger partial charge >= 0.3 is 0 Å². The van der Waals surface area contributed by atoms with E-state index >= 15 is 0 Å². The van der Waals surface area contributed by atoms with E-state index in [4.69, 9.17) is 9.26 Å². The van der Waals surface area contributed by atoms with Crippen molar-refractivity contribution in [1.82, 2.24) is 25.2 Å². The molecule has 2 aliphatic rings. The molecule has 138 valence electrons. The van der Waals surface area contributed by atoms with Gasteiger partial charge in [0.15, 0.2) is 5.69 Å². The van der Waals surface area contributed by atoms with Crippen LogP contribution in [0.5, 0.6) is 0 Å². The molecule has 2 aromatic heterocycles. The molecule has 2 atom stereocenters. The maximum atomic E-state index is 12.6. The average Bonchev–Trinajstić information content (AvgIpc) is 3.32. The molecule has 0 radical (unpaired) electrons. The minimum Gasteiger partial charge on any atom is -0.379 e. The molecule has 0 bridgehead atoms. The first-order valence-electron chi connectivity index (χ1n) is 8.65. The zero-order valence-corrected chi connectivity index (χ0v) is 14.8. The number of hydrogen-bond acceptors (Lipinski definition) is 6. The van der Waals surface area contributed by atoms with E-state index in [0.717, 1.165) is 11.5 Å². The lowest BCUT2D eigenvalue weighted by molar-refractivity contribution is 0.0742. The number of aromatic nitrogens is 3. The molecule has 0 aromatic carbocycles. The summed E-state index contributed by atoms with van der Waals surface area (Å²) in [6.45, 7) is 4.04. The highest BCUT2D eigenvalue weighted by atomic mass is 16.5. The van der Waals surface area contributed by atoms with Crippen molar-refractivity contribution in [3.63, 3.8) is 0 Å². The van der Waals surface area contributed by atoms with Crippen molar-refractivity contribution in [3.8, 4) is 0 Å². The van der Waals surface area contributed by atoms with Gasteiger partial charge in [-0.15, -0.1) is 0 Å². The van der Waals surface area contributed by atoms with Crippen molar-refractivity contribution >= 4 is 11.8 Å². The Bertz CT molecular complexity index is 842. The monoisotopic (exact) mass is 359 g/mol. The number of aryl methyl sites for hydroxylation is 1. The molecule has 1 saturated heterocycles. The third kappa shape index (κ3) is 3.10. The average molecular weight is 359 g/mol. The van der Waals surface area contributed by atoms with Crippen LogP contribution < -0.4 is 5.32 Å². The Labute approximate surface area is 150 Å². The van der Waals surface area contributed by atoms with Crippen LogP contribution in [0.25, 0.3) is 0 Å². The molecule has 2 amide bonds. The fourth-order valence-corrected chi connectivity index (χ4v) is 3.38. The lowest BCUT2D eigenvalue weighted by Gasteiger charge is -2.22. The van der Waals surface area contributed by atoms with E-state index in [9.17, 15) is 9.59 Å². The van der Waals surface area contributed by atoms with Crippen LogP contribution in [0, 0.1) is 12.8 Å². The van der Waals surface area contributed by atoms with Gasteiger partial charge in [-0.25, -0.2) is 0 Å². The van der Waals surface area contributed by atoms with E-state index in [2.05, 4.69) is 15.6 Å². The summed E-state index contributed by atoms with van der Waals surface area (Å²) in [6, 6.07) is 3.31. The van der Waals surface area contributed by atoms with Crippen molar-refractivity contribution in [1.29, 1.82) is 0 Å². The molecule has 2 aromatic rings. The normalized spacial score (nSPS) is 22.5. The summed E-state index contributed by atoms with van der Waals surface area (Å²) in [5.74, 6) is 0.474. The Morgan fingerprint density at radius 2 is 2.19 bits per heavy atom. The van der Waals surface area contributed by atoms with Gasteiger partial charge in [-0.3, -0.25) is 14.3 Å². The van der Waals surface area contributed by atoms with Crippen molar-refractivity contribution in [2.45, 2.75) is 25.9 Å². The number of carbonyl (C=O) groups is 2. The second-order valence-electron chi connectivity index (χ2n) is 6.88. The predicted octanol–water partition coefficient (Wildman–Crippen LogP) is 0.253. The van der Waals surface area contributed by atoms with E-state index in [-0.39, 0.29) is 29.5 Å². The Morgan fingerprint density at radius 3 is 2.96 bits per heavy atom. The number of rotatable bonds is 4. The third-order valence-electron chi connectivity index (χ3n) is 4.88.